The van der Waals surface area contributed by atoms with Gasteiger partial charge in [0.1, 0.15) is 17.5 Å². The Balaban J connectivity index is 1.91. The van der Waals surface area contributed by atoms with E-state index in [0.29, 0.717) is 31.2 Å². The minimum absolute atomic E-state index is 0.173. The van der Waals surface area contributed by atoms with Gasteiger partial charge in [-0.1, -0.05) is 19.4 Å². The van der Waals surface area contributed by atoms with Crippen LogP contribution in [0.2, 0.25) is 0 Å². The summed E-state index contributed by atoms with van der Waals surface area (Å²) in [6, 6.07) is 7.60. The highest BCUT2D eigenvalue weighted by atomic mass is 19.1. The lowest BCUT2D eigenvalue weighted by Crippen LogP contribution is -2.16. The second-order valence-corrected chi connectivity index (χ2v) is 6.08. The van der Waals surface area contributed by atoms with Crippen molar-refractivity contribution in [1.82, 2.24) is 0 Å². The van der Waals surface area contributed by atoms with Crippen molar-refractivity contribution in [3.63, 3.8) is 0 Å². The van der Waals surface area contributed by atoms with E-state index in [0.717, 1.165) is 17.5 Å². The molecule has 0 radical (unpaired) electrons. The summed E-state index contributed by atoms with van der Waals surface area (Å²) in [6.07, 6.45) is 3.42. The van der Waals surface area contributed by atoms with Gasteiger partial charge < -0.3 is 0 Å². The molecular formula is C19H19F3. The molecule has 0 aliphatic heterocycles. The first-order chi connectivity index (χ1) is 10.6. The van der Waals surface area contributed by atoms with Crippen molar-refractivity contribution >= 4 is 0 Å². The zero-order chi connectivity index (χ0) is 15.7. The number of halogens is 3. The molecule has 1 aliphatic carbocycles. The minimum atomic E-state index is -0.445. The summed E-state index contributed by atoms with van der Waals surface area (Å²) in [5.41, 5.74) is 2.85. The number of aryl methyl sites for hydroxylation is 2. The molecule has 0 saturated carbocycles. The fraction of sp³-hybridized carbons (Fsp3) is 0.368. The zero-order valence-corrected chi connectivity index (χ0v) is 12.6. The predicted molar refractivity (Wildman–Crippen MR) is 81.5 cm³/mol. The molecule has 0 N–H and O–H groups in total. The van der Waals surface area contributed by atoms with Gasteiger partial charge in [-0.25, -0.2) is 13.2 Å². The molecule has 0 nitrogen and oxygen atoms in total. The van der Waals surface area contributed by atoms with Gasteiger partial charge in [0.2, 0.25) is 0 Å². The highest BCUT2D eigenvalue weighted by molar-refractivity contribution is 5.36. The Bertz CT molecular complexity index is 668. The lowest BCUT2D eigenvalue weighted by atomic mass is 9.79. The van der Waals surface area contributed by atoms with Crippen molar-refractivity contribution in [3.8, 4) is 0 Å². The lowest BCUT2D eigenvalue weighted by molar-refractivity contribution is 0.488. The molecule has 116 valence electrons. The maximum atomic E-state index is 14.4. The Morgan fingerprint density at radius 1 is 1.00 bits per heavy atom. The monoisotopic (exact) mass is 304 g/mol. The topological polar surface area (TPSA) is 0 Å². The average molecular weight is 304 g/mol. The number of hydrogen-bond donors (Lipinski definition) is 0. The van der Waals surface area contributed by atoms with Crippen LogP contribution in [0.4, 0.5) is 13.2 Å². The third-order valence-electron chi connectivity index (χ3n) is 4.48. The van der Waals surface area contributed by atoms with Gasteiger partial charge in [0, 0.05) is 5.56 Å². The average Bonchev–Trinajstić information content (AvgIpc) is 2.47. The van der Waals surface area contributed by atoms with Crippen LogP contribution in [0.5, 0.6) is 0 Å². The van der Waals surface area contributed by atoms with Gasteiger partial charge in [0.15, 0.2) is 0 Å². The Labute approximate surface area is 129 Å². The Hall–Kier alpha value is -1.77. The first kappa shape index (κ1) is 15.1. The molecule has 2 aromatic carbocycles. The van der Waals surface area contributed by atoms with E-state index < -0.39 is 11.6 Å². The molecule has 0 spiro atoms. The summed E-state index contributed by atoms with van der Waals surface area (Å²) in [5.74, 6) is -1.31. The van der Waals surface area contributed by atoms with Crippen LogP contribution in [-0.2, 0) is 19.3 Å². The number of fused-ring (bicyclic) bond motifs is 1. The quantitative estimate of drug-likeness (QED) is 0.719. The standard InChI is InChI=1S/C19H19F3/c1-2-3-12-8-17(21)19(18(22)9-12)15-5-4-14-11-16(20)7-6-13(14)10-15/h6-9,11,15H,2-5,10H2,1H3. The highest BCUT2D eigenvalue weighted by Crippen LogP contribution is 2.36. The summed E-state index contributed by atoms with van der Waals surface area (Å²) in [6.45, 7) is 1.99. The maximum Gasteiger partial charge on any atom is 0.129 e. The van der Waals surface area contributed by atoms with E-state index in [-0.39, 0.29) is 17.3 Å². The van der Waals surface area contributed by atoms with Gasteiger partial charge in [-0.2, -0.15) is 0 Å². The fourth-order valence-corrected chi connectivity index (χ4v) is 3.43. The highest BCUT2D eigenvalue weighted by Gasteiger charge is 2.26. The molecule has 0 amide bonds. The second-order valence-electron chi connectivity index (χ2n) is 6.08. The van der Waals surface area contributed by atoms with E-state index in [1.165, 1.54) is 24.3 Å². The van der Waals surface area contributed by atoms with Gasteiger partial charge in [0.25, 0.3) is 0 Å². The van der Waals surface area contributed by atoms with E-state index in [2.05, 4.69) is 0 Å². The third-order valence-corrected chi connectivity index (χ3v) is 4.48. The van der Waals surface area contributed by atoms with Crippen molar-refractivity contribution in [2.75, 3.05) is 0 Å². The van der Waals surface area contributed by atoms with Crippen LogP contribution >= 0.6 is 0 Å². The number of hydrogen-bond acceptors (Lipinski definition) is 0. The predicted octanol–water partition coefficient (Wildman–Crippen LogP) is 5.33. The Kier molecular flexibility index (Phi) is 4.23. The van der Waals surface area contributed by atoms with Crippen molar-refractivity contribution < 1.29 is 13.2 Å². The molecule has 0 saturated heterocycles. The molecule has 1 aliphatic rings. The largest absolute Gasteiger partial charge is 0.207 e. The molecular weight excluding hydrogens is 285 g/mol. The van der Waals surface area contributed by atoms with E-state index in [1.54, 1.807) is 6.07 Å². The first-order valence-electron chi connectivity index (χ1n) is 7.83. The molecule has 0 aromatic heterocycles. The summed E-state index contributed by atoms with van der Waals surface area (Å²) >= 11 is 0. The smallest absolute Gasteiger partial charge is 0.129 e. The molecule has 3 rings (SSSR count). The van der Waals surface area contributed by atoms with Crippen molar-refractivity contribution in [1.29, 1.82) is 0 Å². The summed E-state index contributed by atoms with van der Waals surface area (Å²) < 4.78 is 42.0. The molecule has 3 heteroatoms. The zero-order valence-electron chi connectivity index (χ0n) is 12.6. The second kappa shape index (κ2) is 6.15. The first-order valence-corrected chi connectivity index (χ1v) is 7.83. The minimum Gasteiger partial charge on any atom is -0.207 e. The SMILES string of the molecule is CCCc1cc(F)c(C2CCc3cc(F)ccc3C2)c(F)c1. The van der Waals surface area contributed by atoms with Crippen molar-refractivity contribution in [3.05, 3.63) is 70.0 Å². The Morgan fingerprint density at radius 3 is 2.41 bits per heavy atom. The summed E-state index contributed by atoms with van der Waals surface area (Å²) in [7, 11) is 0. The molecule has 2 aromatic rings. The van der Waals surface area contributed by atoms with E-state index in [9.17, 15) is 13.2 Å². The molecule has 1 atom stereocenters. The Morgan fingerprint density at radius 2 is 1.73 bits per heavy atom. The van der Waals surface area contributed by atoms with Crippen molar-refractivity contribution in [2.24, 2.45) is 0 Å². The molecule has 0 heterocycles. The van der Waals surface area contributed by atoms with E-state index in [1.807, 2.05) is 6.92 Å². The molecule has 22 heavy (non-hydrogen) atoms. The number of benzene rings is 2. The van der Waals surface area contributed by atoms with Crippen LogP contribution in [0.25, 0.3) is 0 Å². The van der Waals surface area contributed by atoms with Gasteiger partial charge >= 0.3 is 0 Å². The summed E-state index contributed by atoms with van der Waals surface area (Å²) in [5, 5.41) is 0. The molecule has 1 unspecified atom stereocenters. The normalized spacial score (nSPS) is 17.4. The van der Waals surface area contributed by atoms with Crippen LogP contribution in [-0.4, -0.2) is 0 Å². The van der Waals surface area contributed by atoms with Gasteiger partial charge in [-0.15, -0.1) is 0 Å². The maximum absolute atomic E-state index is 14.4. The van der Waals surface area contributed by atoms with E-state index >= 15 is 0 Å². The van der Waals surface area contributed by atoms with E-state index in [4.69, 9.17) is 0 Å². The van der Waals surface area contributed by atoms with Crippen LogP contribution < -0.4 is 0 Å². The molecule has 0 fully saturated rings. The molecule has 0 bridgehead atoms. The van der Waals surface area contributed by atoms with Gasteiger partial charge in [-0.05, 0) is 72.6 Å². The van der Waals surface area contributed by atoms with Crippen LogP contribution in [0, 0.1) is 17.5 Å². The lowest BCUT2D eigenvalue weighted by Gasteiger charge is -2.26. The van der Waals surface area contributed by atoms with Crippen LogP contribution in [0.15, 0.2) is 30.3 Å². The van der Waals surface area contributed by atoms with Gasteiger partial charge in [-0.3, -0.25) is 0 Å². The number of rotatable bonds is 3. The fourth-order valence-electron chi connectivity index (χ4n) is 3.43. The van der Waals surface area contributed by atoms with Crippen molar-refractivity contribution in [2.45, 2.75) is 44.9 Å². The van der Waals surface area contributed by atoms with Crippen LogP contribution in [0.1, 0.15) is 47.9 Å². The third kappa shape index (κ3) is 2.90. The van der Waals surface area contributed by atoms with Crippen LogP contribution in [0.3, 0.4) is 0 Å². The summed E-state index contributed by atoms with van der Waals surface area (Å²) in [4.78, 5) is 0. The van der Waals surface area contributed by atoms with Gasteiger partial charge in [0.05, 0.1) is 0 Å².